The standard InChI is InChI=1S/2C22H20N4O2S2.2C4H11N/c2*27-30(28,14-22-24-15-25-29-22)18-8-9-19-16(12-18)4-1-6-21(19)26-11-3-7-20(26)17-5-2-10-23-13-17;2*1-3-5-4-2/h2*1-2,4-6,8-10,12-13,15,20H,3,7,11,14H2;2*5H,3-4H2,1-2H3/t2*20-;;/m10../s1. The molecule has 70 heavy (non-hydrogen) atoms. The van der Waals surface area contributed by atoms with Crippen LogP contribution in [0.3, 0.4) is 0 Å². The molecule has 2 saturated heterocycles. The maximum atomic E-state index is 12.8. The fourth-order valence-corrected chi connectivity index (χ4v) is 13.1. The highest BCUT2D eigenvalue weighted by molar-refractivity contribution is 7.91. The van der Waals surface area contributed by atoms with Crippen LogP contribution in [0.15, 0.2) is 144 Å². The van der Waals surface area contributed by atoms with Crippen LogP contribution < -0.4 is 20.4 Å². The van der Waals surface area contributed by atoms with E-state index in [1.807, 2.05) is 60.9 Å². The number of rotatable bonds is 14. The number of aromatic nitrogens is 6. The van der Waals surface area contributed by atoms with Crippen LogP contribution in [0.5, 0.6) is 0 Å². The molecular weight excluding hydrogens is 957 g/mol. The van der Waals surface area contributed by atoms with E-state index in [0.717, 1.165) is 121 Å². The lowest BCUT2D eigenvalue weighted by atomic mass is 10.0. The zero-order chi connectivity index (χ0) is 49.4. The van der Waals surface area contributed by atoms with Crippen LogP contribution in [-0.4, -0.2) is 84.8 Å². The number of hydrogen-bond donors (Lipinski definition) is 2. The minimum Gasteiger partial charge on any atom is -0.364 e. The van der Waals surface area contributed by atoms with Crippen LogP contribution in [0.1, 0.15) is 86.6 Å². The molecule has 0 aliphatic carbocycles. The topological polar surface area (TPSA) is 176 Å². The average molecular weight is 1020 g/mol. The molecule has 0 radical (unpaired) electrons. The van der Waals surface area contributed by atoms with E-state index in [9.17, 15) is 16.8 Å². The summed E-state index contributed by atoms with van der Waals surface area (Å²) in [5.74, 6) is -0.254. The van der Waals surface area contributed by atoms with Gasteiger partial charge in [-0.3, -0.25) is 9.97 Å². The Morgan fingerprint density at radius 3 is 1.33 bits per heavy atom. The maximum absolute atomic E-state index is 12.8. The zero-order valence-corrected chi connectivity index (χ0v) is 43.5. The first kappa shape index (κ1) is 52.1. The predicted molar refractivity (Wildman–Crippen MR) is 285 cm³/mol. The Labute approximate surface area is 420 Å². The molecule has 6 heterocycles. The van der Waals surface area contributed by atoms with Gasteiger partial charge in [-0.25, -0.2) is 26.8 Å². The van der Waals surface area contributed by atoms with Crippen molar-refractivity contribution in [1.82, 2.24) is 39.3 Å². The first-order valence-electron chi connectivity index (χ1n) is 23.8. The number of sulfone groups is 2. The summed E-state index contributed by atoms with van der Waals surface area (Å²) in [5.41, 5.74) is 4.69. The number of anilines is 2. The number of benzene rings is 4. The van der Waals surface area contributed by atoms with E-state index in [0.29, 0.717) is 19.8 Å². The number of pyridine rings is 2. The van der Waals surface area contributed by atoms with Gasteiger partial charge in [0, 0.05) is 60.0 Å². The molecule has 0 spiro atoms. The largest absolute Gasteiger partial charge is 0.364 e. The van der Waals surface area contributed by atoms with Gasteiger partial charge in [0.2, 0.25) is 0 Å². The summed E-state index contributed by atoms with van der Waals surface area (Å²) in [7, 11) is -6.95. The molecule has 4 aromatic heterocycles. The van der Waals surface area contributed by atoms with Crippen LogP contribution in [0, 0.1) is 0 Å². The molecule has 14 nitrogen and oxygen atoms in total. The van der Waals surface area contributed by atoms with E-state index in [-0.39, 0.29) is 23.6 Å². The second-order valence-electron chi connectivity index (χ2n) is 16.7. The highest BCUT2D eigenvalue weighted by Gasteiger charge is 2.29. The van der Waals surface area contributed by atoms with E-state index in [2.05, 4.69) is 101 Å². The molecule has 0 bridgehead atoms. The van der Waals surface area contributed by atoms with Crippen molar-refractivity contribution in [2.24, 2.45) is 0 Å². The van der Waals surface area contributed by atoms with Crippen molar-refractivity contribution in [3.63, 3.8) is 0 Å². The van der Waals surface area contributed by atoms with Crippen molar-refractivity contribution in [3.05, 3.63) is 156 Å². The molecular formula is C52H62N10O4S4. The predicted octanol–water partition coefficient (Wildman–Crippen LogP) is 10.0. The van der Waals surface area contributed by atoms with Crippen molar-refractivity contribution in [2.45, 2.75) is 86.8 Å². The quantitative estimate of drug-likeness (QED) is 0.105. The first-order chi connectivity index (χ1) is 34.1. The van der Waals surface area contributed by atoms with Crippen LogP contribution in [0.25, 0.3) is 21.5 Å². The summed E-state index contributed by atoms with van der Waals surface area (Å²) in [6.07, 6.45) is 14.6. The molecule has 2 aliphatic heterocycles. The summed E-state index contributed by atoms with van der Waals surface area (Å²) in [6.45, 7) is 14.7. The average Bonchev–Trinajstić information content (AvgIpc) is 4.25. The van der Waals surface area contributed by atoms with Gasteiger partial charge in [0.1, 0.15) is 34.2 Å². The van der Waals surface area contributed by atoms with Gasteiger partial charge in [0.05, 0.1) is 21.9 Å². The van der Waals surface area contributed by atoms with Crippen molar-refractivity contribution < 1.29 is 16.8 Å². The Morgan fingerprint density at radius 2 is 0.986 bits per heavy atom. The normalized spacial score (nSPS) is 15.7. The summed E-state index contributed by atoms with van der Waals surface area (Å²) in [5, 5.41) is 11.2. The highest BCUT2D eigenvalue weighted by Crippen LogP contribution is 2.41. The van der Waals surface area contributed by atoms with Crippen molar-refractivity contribution >= 4 is 75.7 Å². The van der Waals surface area contributed by atoms with Crippen LogP contribution in [0.2, 0.25) is 0 Å². The van der Waals surface area contributed by atoms with Gasteiger partial charge in [0.15, 0.2) is 19.7 Å². The lowest BCUT2D eigenvalue weighted by Crippen LogP contribution is -2.22. The van der Waals surface area contributed by atoms with Crippen LogP contribution in [0.4, 0.5) is 11.4 Å². The third-order valence-corrected chi connectivity index (χ3v) is 17.0. The van der Waals surface area contributed by atoms with E-state index in [4.69, 9.17) is 0 Å². The van der Waals surface area contributed by atoms with Gasteiger partial charge in [0.25, 0.3) is 0 Å². The zero-order valence-electron chi connectivity index (χ0n) is 40.2. The molecule has 2 fully saturated rings. The Bertz CT molecular complexity index is 2860. The second kappa shape index (κ2) is 25.4. The number of hydrogen-bond acceptors (Lipinski definition) is 16. The SMILES string of the molecule is CCNCC.CCNCC.O=S(=O)(Cc1ncns1)c1ccc2c(N3CCC[C@@H]3c3cccnc3)cccc2c1.O=S(=O)(Cc1ncns1)c1ccc2c(N3CCC[C@H]3c3cccnc3)cccc2c1. The van der Waals surface area contributed by atoms with Gasteiger partial charge in [-0.05, 0) is 145 Å². The molecule has 0 amide bonds. The molecule has 0 saturated carbocycles. The third-order valence-electron chi connectivity index (χ3n) is 12.1. The summed E-state index contributed by atoms with van der Waals surface area (Å²) >= 11 is 2.23. The van der Waals surface area contributed by atoms with Gasteiger partial charge in [-0.15, -0.1) is 0 Å². The second-order valence-corrected chi connectivity index (χ2v) is 22.4. The summed E-state index contributed by atoms with van der Waals surface area (Å²) in [6, 6.07) is 31.7. The van der Waals surface area contributed by atoms with E-state index >= 15 is 0 Å². The molecule has 4 aromatic carbocycles. The third kappa shape index (κ3) is 13.3. The Balaban J connectivity index is 0.000000173. The van der Waals surface area contributed by atoms with E-state index in [1.165, 1.54) is 23.8 Å². The van der Waals surface area contributed by atoms with Crippen LogP contribution in [-0.2, 0) is 31.2 Å². The molecule has 2 atom stereocenters. The lowest BCUT2D eigenvalue weighted by molar-refractivity contribution is 0.593. The molecule has 2 aliphatic rings. The first-order valence-corrected chi connectivity index (χ1v) is 28.7. The molecule has 18 heteroatoms. The summed E-state index contributed by atoms with van der Waals surface area (Å²) in [4.78, 5) is 22.0. The summed E-state index contributed by atoms with van der Waals surface area (Å²) < 4.78 is 59.2. The fourth-order valence-electron chi connectivity index (χ4n) is 8.84. The Hall–Kier alpha value is -5.76. The minimum atomic E-state index is -3.47. The van der Waals surface area contributed by atoms with E-state index in [1.54, 1.807) is 36.7 Å². The molecule has 0 unspecified atom stereocenters. The van der Waals surface area contributed by atoms with Gasteiger partial charge in [-0.1, -0.05) is 76.2 Å². The van der Waals surface area contributed by atoms with Crippen LogP contribution >= 0.6 is 23.1 Å². The Morgan fingerprint density at radius 1 is 0.557 bits per heavy atom. The number of nitrogens with zero attached hydrogens (tertiary/aromatic N) is 8. The van der Waals surface area contributed by atoms with E-state index < -0.39 is 19.7 Å². The number of nitrogens with one attached hydrogen (secondary N) is 2. The fraction of sp³-hybridized carbons (Fsp3) is 0.346. The maximum Gasteiger partial charge on any atom is 0.184 e. The molecule has 368 valence electrons. The van der Waals surface area contributed by atoms with Crippen molar-refractivity contribution in [3.8, 4) is 0 Å². The van der Waals surface area contributed by atoms with Gasteiger partial charge >= 0.3 is 0 Å². The molecule has 2 N–H and O–H groups in total. The van der Waals surface area contributed by atoms with Crippen molar-refractivity contribution in [2.75, 3.05) is 49.1 Å². The van der Waals surface area contributed by atoms with Crippen molar-refractivity contribution in [1.29, 1.82) is 0 Å². The minimum absolute atomic E-state index is 0.127. The lowest BCUT2D eigenvalue weighted by Gasteiger charge is -2.28. The van der Waals surface area contributed by atoms with Gasteiger partial charge < -0.3 is 20.4 Å². The molecule has 8 aromatic rings. The highest BCUT2D eigenvalue weighted by atomic mass is 32.2. The smallest absolute Gasteiger partial charge is 0.184 e. The Kier molecular flexibility index (Phi) is 18.9. The van der Waals surface area contributed by atoms with Gasteiger partial charge in [-0.2, -0.15) is 8.75 Å². The number of fused-ring (bicyclic) bond motifs is 2. The monoisotopic (exact) mass is 1020 g/mol. The molecule has 10 rings (SSSR count).